The van der Waals surface area contributed by atoms with Crippen molar-refractivity contribution in [1.82, 2.24) is 8.61 Å². The molecule has 1 saturated heterocycles. The molecule has 0 aromatic carbocycles. The van der Waals surface area contributed by atoms with Gasteiger partial charge in [-0.05, 0) is 26.7 Å². The molecule has 106 valence electrons. The summed E-state index contributed by atoms with van der Waals surface area (Å²) in [6.45, 7) is 4.32. The van der Waals surface area contributed by atoms with E-state index < -0.39 is 10.2 Å². The highest BCUT2D eigenvalue weighted by Gasteiger charge is 2.35. The number of carbonyl (C=O) groups is 1. The van der Waals surface area contributed by atoms with Gasteiger partial charge in [0.05, 0.1) is 13.0 Å². The van der Waals surface area contributed by atoms with Crippen LogP contribution in [0.1, 0.15) is 26.7 Å². The number of hydrogen-bond donors (Lipinski definition) is 0. The van der Waals surface area contributed by atoms with Gasteiger partial charge in [0, 0.05) is 26.2 Å². The zero-order valence-electron chi connectivity index (χ0n) is 11.4. The fourth-order valence-corrected chi connectivity index (χ4v) is 3.58. The third-order valence-corrected chi connectivity index (χ3v) is 5.47. The normalized spacial score (nSPS) is 22.4. The van der Waals surface area contributed by atoms with E-state index in [-0.39, 0.29) is 24.5 Å². The molecular formula is C11H22N2O4S. The average molecular weight is 278 g/mol. The van der Waals surface area contributed by atoms with Crippen LogP contribution in [0.4, 0.5) is 0 Å². The zero-order chi connectivity index (χ0) is 13.9. The number of carbonyl (C=O) groups excluding carboxylic acids is 1. The first kappa shape index (κ1) is 15.4. The first-order chi connectivity index (χ1) is 8.30. The summed E-state index contributed by atoms with van der Waals surface area (Å²) in [6, 6.07) is -0.103. The Labute approximate surface area is 109 Å². The van der Waals surface area contributed by atoms with Crippen molar-refractivity contribution in [3.63, 3.8) is 0 Å². The second-order valence-electron chi connectivity index (χ2n) is 4.84. The third-order valence-electron chi connectivity index (χ3n) is 3.34. The van der Waals surface area contributed by atoms with Crippen LogP contribution >= 0.6 is 0 Å². The van der Waals surface area contributed by atoms with Crippen molar-refractivity contribution >= 4 is 16.2 Å². The van der Waals surface area contributed by atoms with Gasteiger partial charge >= 0.3 is 5.97 Å². The lowest BCUT2D eigenvalue weighted by atomic mass is 10.0. The molecule has 1 heterocycles. The Morgan fingerprint density at radius 1 is 1.44 bits per heavy atom. The highest BCUT2D eigenvalue weighted by atomic mass is 32.2. The maximum Gasteiger partial charge on any atom is 0.309 e. The summed E-state index contributed by atoms with van der Waals surface area (Å²) in [5.41, 5.74) is 0. The number of methoxy groups -OCH3 is 1. The SMILES string of the molecule is COC(=O)C1CCCN(S(=O)(=O)N(C)C(C)C)C1. The number of ether oxygens (including phenoxy) is 1. The van der Waals surface area contributed by atoms with E-state index in [1.807, 2.05) is 13.8 Å². The van der Waals surface area contributed by atoms with Crippen LogP contribution in [0.25, 0.3) is 0 Å². The summed E-state index contributed by atoms with van der Waals surface area (Å²) in [6.07, 6.45) is 1.37. The van der Waals surface area contributed by atoms with Crippen LogP contribution in [-0.2, 0) is 19.7 Å². The van der Waals surface area contributed by atoms with E-state index in [1.165, 1.54) is 15.7 Å². The van der Waals surface area contributed by atoms with Crippen molar-refractivity contribution in [1.29, 1.82) is 0 Å². The highest BCUT2D eigenvalue weighted by Crippen LogP contribution is 2.22. The Balaban J connectivity index is 2.81. The topological polar surface area (TPSA) is 66.9 Å². The largest absolute Gasteiger partial charge is 0.469 e. The molecule has 1 atom stereocenters. The van der Waals surface area contributed by atoms with Crippen molar-refractivity contribution in [2.24, 2.45) is 5.92 Å². The molecule has 0 bridgehead atoms. The van der Waals surface area contributed by atoms with Crippen LogP contribution in [0.3, 0.4) is 0 Å². The van der Waals surface area contributed by atoms with Crippen LogP contribution in [-0.4, -0.2) is 56.3 Å². The van der Waals surface area contributed by atoms with Crippen LogP contribution in [0.2, 0.25) is 0 Å². The van der Waals surface area contributed by atoms with Crippen LogP contribution < -0.4 is 0 Å². The van der Waals surface area contributed by atoms with Crippen LogP contribution in [0.15, 0.2) is 0 Å². The highest BCUT2D eigenvalue weighted by molar-refractivity contribution is 7.86. The minimum absolute atomic E-state index is 0.103. The van der Waals surface area contributed by atoms with Crippen molar-refractivity contribution in [3.8, 4) is 0 Å². The minimum Gasteiger partial charge on any atom is -0.469 e. The molecule has 0 N–H and O–H groups in total. The van der Waals surface area contributed by atoms with Crippen molar-refractivity contribution in [2.75, 3.05) is 27.2 Å². The van der Waals surface area contributed by atoms with E-state index in [1.54, 1.807) is 7.05 Å². The molecule has 0 aliphatic carbocycles. The summed E-state index contributed by atoms with van der Waals surface area (Å²) < 4.78 is 32.0. The van der Waals surface area contributed by atoms with Gasteiger partial charge in [0.25, 0.3) is 10.2 Å². The van der Waals surface area contributed by atoms with Gasteiger partial charge in [0.15, 0.2) is 0 Å². The fraction of sp³-hybridized carbons (Fsp3) is 0.909. The van der Waals surface area contributed by atoms with Crippen molar-refractivity contribution < 1.29 is 17.9 Å². The van der Waals surface area contributed by atoms with Gasteiger partial charge in [-0.2, -0.15) is 17.0 Å². The van der Waals surface area contributed by atoms with Gasteiger partial charge < -0.3 is 4.74 Å². The third kappa shape index (κ3) is 3.21. The Morgan fingerprint density at radius 3 is 2.56 bits per heavy atom. The molecule has 1 aliphatic rings. The lowest BCUT2D eigenvalue weighted by molar-refractivity contribution is -0.146. The fourth-order valence-electron chi connectivity index (χ4n) is 1.96. The molecular weight excluding hydrogens is 256 g/mol. The number of piperidine rings is 1. The smallest absolute Gasteiger partial charge is 0.309 e. The molecule has 0 aromatic heterocycles. The van der Waals surface area contributed by atoms with E-state index >= 15 is 0 Å². The Kier molecular flexibility index (Phi) is 5.12. The molecule has 0 radical (unpaired) electrons. The van der Waals surface area contributed by atoms with E-state index in [4.69, 9.17) is 0 Å². The van der Waals surface area contributed by atoms with E-state index in [0.717, 1.165) is 0 Å². The Hall–Kier alpha value is -0.660. The average Bonchev–Trinajstić information content (AvgIpc) is 2.36. The molecule has 6 nitrogen and oxygen atoms in total. The zero-order valence-corrected chi connectivity index (χ0v) is 12.2. The van der Waals surface area contributed by atoms with Gasteiger partial charge in [-0.3, -0.25) is 4.79 Å². The molecule has 0 aromatic rings. The number of rotatable bonds is 4. The van der Waals surface area contributed by atoms with Gasteiger partial charge in [0.2, 0.25) is 0 Å². The molecule has 0 spiro atoms. The predicted octanol–water partition coefficient (Wildman–Crippen LogP) is 0.456. The maximum atomic E-state index is 12.3. The Bertz CT molecular complexity index is 394. The molecule has 0 saturated carbocycles. The molecule has 7 heteroatoms. The van der Waals surface area contributed by atoms with Gasteiger partial charge in [-0.15, -0.1) is 0 Å². The molecule has 1 aliphatic heterocycles. The summed E-state index contributed by atoms with van der Waals surface area (Å²) in [4.78, 5) is 11.5. The second-order valence-corrected chi connectivity index (χ2v) is 6.83. The minimum atomic E-state index is -3.48. The lowest BCUT2D eigenvalue weighted by Crippen LogP contribution is -2.49. The van der Waals surface area contributed by atoms with Gasteiger partial charge in [-0.1, -0.05) is 0 Å². The van der Waals surface area contributed by atoms with Crippen molar-refractivity contribution in [3.05, 3.63) is 0 Å². The molecule has 1 unspecified atom stereocenters. The Morgan fingerprint density at radius 2 is 2.06 bits per heavy atom. The summed E-state index contributed by atoms with van der Waals surface area (Å²) in [5, 5.41) is 0. The van der Waals surface area contributed by atoms with E-state index in [9.17, 15) is 13.2 Å². The van der Waals surface area contributed by atoms with Gasteiger partial charge in [0.1, 0.15) is 0 Å². The molecule has 18 heavy (non-hydrogen) atoms. The first-order valence-corrected chi connectivity index (χ1v) is 7.51. The number of esters is 1. The summed E-state index contributed by atoms with van der Waals surface area (Å²) >= 11 is 0. The van der Waals surface area contributed by atoms with Crippen molar-refractivity contribution in [2.45, 2.75) is 32.7 Å². The second kappa shape index (κ2) is 5.99. The maximum absolute atomic E-state index is 12.3. The van der Waals surface area contributed by atoms with E-state index in [0.29, 0.717) is 19.4 Å². The predicted molar refractivity (Wildman–Crippen MR) is 68.1 cm³/mol. The molecule has 1 fully saturated rings. The van der Waals surface area contributed by atoms with Gasteiger partial charge in [-0.25, -0.2) is 0 Å². The summed E-state index contributed by atoms with van der Waals surface area (Å²) in [5.74, 6) is -0.679. The monoisotopic (exact) mass is 278 g/mol. The first-order valence-electron chi connectivity index (χ1n) is 6.11. The van der Waals surface area contributed by atoms with E-state index in [2.05, 4.69) is 4.74 Å². The lowest BCUT2D eigenvalue weighted by Gasteiger charge is -2.34. The van der Waals surface area contributed by atoms with Crippen LogP contribution in [0, 0.1) is 5.92 Å². The molecule has 0 amide bonds. The van der Waals surface area contributed by atoms with Crippen LogP contribution in [0.5, 0.6) is 0 Å². The molecule has 1 rings (SSSR count). The standard InChI is InChI=1S/C11H22N2O4S/c1-9(2)12(3)18(15,16)13-7-5-6-10(8-13)11(14)17-4/h9-10H,5-8H2,1-4H3. The number of hydrogen-bond acceptors (Lipinski definition) is 4. The summed E-state index contributed by atoms with van der Waals surface area (Å²) in [7, 11) is -0.590. The number of nitrogens with zero attached hydrogens (tertiary/aromatic N) is 2. The quantitative estimate of drug-likeness (QED) is 0.701.